The highest BCUT2D eigenvalue weighted by Gasteiger charge is 2.29. The largest absolute Gasteiger partial charge is 0.307 e. The van der Waals surface area contributed by atoms with Gasteiger partial charge in [-0.25, -0.2) is 8.78 Å². The second-order valence-corrected chi connectivity index (χ2v) is 6.94. The summed E-state index contributed by atoms with van der Waals surface area (Å²) < 4.78 is 27.8. The van der Waals surface area contributed by atoms with Crippen LogP contribution in [-0.2, 0) is 0 Å². The van der Waals surface area contributed by atoms with Crippen LogP contribution in [0.4, 0.5) is 8.78 Å². The highest BCUT2D eigenvalue weighted by Crippen LogP contribution is 2.38. The Morgan fingerprint density at radius 1 is 1.05 bits per heavy atom. The van der Waals surface area contributed by atoms with Gasteiger partial charge in [0, 0.05) is 23.7 Å². The topological polar surface area (TPSA) is 12.0 Å². The Hall–Kier alpha value is -0.960. The minimum absolute atomic E-state index is 0.0169. The molecule has 1 aliphatic rings. The maximum absolute atomic E-state index is 14.3. The van der Waals surface area contributed by atoms with Crippen LogP contribution < -0.4 is 5.32 Å². The van der Waals surface area contributed by atoms with E-state index in [4.69, 9.17) is 0 Å². The Morgan fingerprint density at radius 2 is 1.67 bits per heavy atom. The zero-order valence-corrected chi connectivity index (χ0v) is 13.5. The van der Waals surface area contributed by atoms with Crippen LogP contribution in [0.5, 0.6) is 0 Å². The molecule has 0 aliphatic heterocycles. The molecular weight excluding hydrogens is 268 g/mol. The molecule has 2 rings (SSSR count). The minimum Gasteiger partial charge on any atom is -0.307 e. The Kier molecular flexibility index (Phi) is 5.37. The van der Waals surface area contributed by atoms with E-state index < -0.39 is 11.6 Å². The van der Waals surface area contributed by atoms with Crippen LogP contribution in [0.15, 0.2) is 12.1 Å². The summed E-state index contributed by atoms with van der Waals surface area (Å²) in [6, 6.07) is 2.98. The summed E-state index contributed by atoms with van der Waals surface area (Å²) in [4.78, 5) is 0. The van der Waals surface area contributed by atoms with Gasteiger partial charge in [-0.05, 0) is 43.2 Å². The number of benzene rings is 1. The fourth-order valence-corrected chi connectivity index (χ4v) is 3.38. The van der Waals surface area contributed by atoms with E-state index in [0.29, 0.717) is 17.0 Å². The van der Waals surface area contributed by atoms with Crippen molar-refractivity contribution in [3.63, 3.8) is 0 Å². The molecule has 1 saturated carbocycles. The molecule has 0 saturated heterocycles. The number of hydrogen-bond acceptors (Lipinski definition) is 1. The summed E-state index contributed by atoms with van der Waals surface area (Å²) in [5.74, 6) is 0.315. The smallest absolute Gasteiger partial charge is 0.130 e. The van der Waals surface area contributed by atoms with Crippen LogP contribution in [0.3, 0.4) is 0 Å². The maximum Gasteiger partial charge on any atom is 0.130 e. The van der Waals surface area contributed by atoms with Crippen molar-refractivity contribution >= 4 is 0 Å². The van der Waals surface area contributed by atoms with Gasteiger partial charge in [0.2, 0.25) is 0 Å². The number of aryl methyl sites for hydroxylation is 1. The predicted octanol–water partition coefficient (Wildman–Crippen LogP) is 5.14. The minimum atomic E-state index is -0.461. The number of rotatable bonds is 4. The van der Waals surface area contributed by atoms with Crippen LogP contribution in [0.2, 0.25) is 0 Å². The fraction of sp³-hybridized carbons (Fsp3) is 0.667. The Balaban J connectivity index is 2.29. The van der Waals surface area contributed by atoms with Crippen molar-refractivity contribution in [2.75, 3.05) is 0 Å². The first-order valence-electron chi connectivity index (χ1n) is 8.10. The maximum atomic E-state index is 14.3. The average molecular weight is 295 g/mol. The lowest BCUT2D eigenvalue weighted by atomic mass is 9.77. The first-order valence-corrected chi connectivity index (χ1v) is 8.10. The van der Waals surface area contributed by atoms with Crippen molar-refractivity contribution in [1.29, 1.82) is 0 Å². The Labute approximate surface area is 127 Å². The average Bonchev–Trinajstić information content (AvgIpc) is 2.41. The molecule has 0 aromatic heterocycles. The van der Waals surface area contributed by atoms with Gasteiger partial charge >= 0.3 is 0 Å². The van der Waals surface area contributed by atoms with E-state index in [-0.39, 0.29) is 12.1 Å². The molecule has 0 amide bonds. The molecule has 1 nitrogen and oxygen atoms in total. The van der Waals surface area contributed by atoms with Gasteiger partial charge in [0.1, 0.15) is 11.6 Å². The van der Waals surface area contributed by atoms with Gasteiger partial charge in [-0.1, -0.05) is 33.6 Å². The van der Waals surface area contributed by atoms with E-state index >= 15 is 0 Å². The van der Waals surface area contributed by atoms with Crippen molar-refractivity contribution in [1.82, 2.24) is 5.32 Å². The summed E-state index contributed by atoms with van der Waals surface area (Å²) in [5.41, 5.74) is 1.15. The van der Waals surface area contributed by atoms with Crippen molar-refractivity contribution in [3.05, 3.63) is 34.9 Å². The summed E-state index contributed by atoms with van der Waals surface area (Å²) >= 11 is 0. The van der Waals surface area contributed by atoms with Crippen molar-refractivity contribution < 1.29 is 8.78 Å². The highest BCUT2D eigenvalue weighted by atomic mass is 19.1. The molecule has 1 atom stereocenters. The van der Waals surface area contributed by atoms with Crippen LogP contribution in [-0.4, -0.2) is 6.04 Å². The number of hydrogen-bond donors (Lipinski definition) is 1. The molecule has 0 spiro atoms. The van der Waals surface area contributed by atoms with E-state index in [2.05, 4.69) is 26.1 Å². The van der Waals surface area contributed by atoms with E-state index in [9.17, 15) is 8.78 Å². The Bertz CT molecular complexity index is 476. The molecule has 1 aliphatic carbocycles. The summed E-state index contributed by atoms with van der Waals surface area (Å²) in [6.45, 7) is 8.14. The lowest BCUT2D eigenvalue weighted by Gasteiger charge is -2.35. The SMILES string of the molecule is Cc1cc(C(NC(C)C)C2CCC(C)CC2)c(F)cc1F. The first-order chi connectivity index (χ1) is 9.88. The van der Waals surface area contributed by atoms with E-state index in [1.165, 1.54) is 12.8 Å². The van der Waals surface area contributed by atoms with Gasteiger partial charge < -0.3 is 5.32 Å². The third-order valence-corrected chi connectivity index (χ3v) is 4.66. The van der Waals surface area contributed by atoms with Crippen LogP contribution in [0.25, 0.3) is 0 Å². The Morgan fingerprint density at radius 3 is 2.24 bits per heavy atom. The third kappa shape index (κ3) is 4.03. The molecule has 1 fully saturated rings. The molecule has 0 radical (unpaired) electrons. The standard InChI is InChI=1S/C18H27F2N/c1-11(2)21-18(14-7-5-12(3)6-8-14)15-9-13(4)16(19)10-17(15)20/h9-12,14,18,21H,5-8H2,1-4H3. The summed E-state index contributed by atoms with van der Waals surface area (Å²) in [6.07, 6.45) is 4.62. The van der Waals surface area contributed by atoms with Crippen LogP contribution >= 0.6 is 0 Å². The summed E-state index contributed by atoms with van der Waals surface area (Å²) in [7, 11) is 0. The molecule has 1 aromatic carbocycles. The lowest BCUT2D eigenvalue weighted by molar-refractivity contribution is 0.220. The third-order valence-electron chi connectivity index (χ3n) is 4.66. The van der Waals surface area contributed by atoms with E-state index in [1.807, 2.05) is 0 Å². The predicted molar refractivity (Wildman–Crippen MR) is 83.2 cm³/mol. The van der Waals surface area contributed by atoms with Crippen molar-refractivity contribution in [2.24, 2.45) is 11.8 Å². The van der Waals surface area contributed by atoms with Crippen LogP contribution in [0.1, 0.15) is 63.6 Å². The molecular formula is C18H27F2N. The fourth-order valence-electron chi connectivity index (χ4n) is 3.38. The van der Waals surface area contributed by atoms with E-state index in [1.54, 1.807) is 13.0 Å². The number of halogens is 2. The molecule has 0 bridgehead atoms. The molecule has 0 heterocycles. The second kappa shape index (κ2) is 6.87. The number of nitrogens with one attached hydrogen (secondary N) is 1. The van der Waals surface area contributed by atoms with Gasteiger partial charge in [-0.15, -0.1) is 0 Å². The highest BCUT2D eigenvalue weighted by molar-refractivity contribution is 5.29. The molecule has 1 N–H and O–H groups in total. The molecule has 3 heteroatoms. The molecule has 21 heavy (non-hydrogen) atoms. The summed E-state index contributed by atoms with van der Waals surface area (Å²) in [5, 5.41) is 3.51. The normalized spacial score (nSPS) is 24.3. The first kappa shape index (κ1) is 16.4. The van der Waals surface area contributed by atoms with Gasteiger partial charge in [0.25, 0.3) is 0 Å². The lowest BCUT2D eigenvalue weighted by Crippen LogP contribution is -2.35. The zero-order valence-electron chi connectivity index (χ0n) is 13.5. The van der Waals surface area contributed by atoms with E-state index in [0.717, 1.165) is 24.8 Å². The van der Waals surface area contributed by atoms with Gasteiger partial charge in [0.15, 0.2) is 0 Å². The van der Waals surface area contributed by atoms with Gasteiger partial charge in [0.05, 0.1) is 0 Å². The van der Waals surface area contributed by atoms with Crippen molar-refractivity contribution in [2.45, 2.75) is 65.5 Å². The molecule has 118 valence electrons. The quantitative estimate of drug-likeness (QED) is 0.811. The second-order valence-electron chi connectivity index (χ2n) is 6.94. The van der Waals surface area contributed by atoms with Crippen LogP contribution in [0, 0.1) is 30.4 Å². The van der Waals surface area contributed by atoms with Gasteiger partial charge in [-0.3, -0.25) is 0 Å². The zero-order chi connectivity index (χ0) is 15.6. The van der Waals surface area contributed by atoms with Crippen molar-refractivity contribution in [3.8, 4) is 0 Å². The van der Waals surface area contributed by atoms with Gasteiger partial charge in [-0.2, -0.15) is 0 Å². The monoisotopic (exact) mass is 295 g/mol. The molecule has 1 aromatic rings. The molecule has 1 unspecified atom stereocenters.